The van der Waals surface area contributed by atoms with E-state index in [4.69, 9.17) is 9.47 Å². The maximum absolute atomic E-state index is 13.3. The fourth-order valence-electron chi connectivity index (χ4n) is 3.97. The molecule has 3 aromatic rings. The molecule has 2 atom stereocenters. The number of anilines is 1. The van der Waals surface area contributed by atoms with Gasteiger partial charge in [-0.1, -0.05) is 44.2 Å². The maximum atomic E-state index is 13.3. The minimum atomic E-state index is -3.75. The Bertz CT molecular complexity index is 1230. The standard InChI is InChI=1S/C28H34N2O5S/c1-20(2)19-27(22-11-15-24(34-4)16-12-22)29-28(31)21(3)30(36(5,32)33)23-13-17-26(18-14-23)35-25-9-7-6-8-10-25/h6-18,20-21,27H,19H2,1-5H3,(H,29,31)/t21-,27+/m0/s1. The van der Waals surface area contributed by atoms with Gasteiger partial charge >= 0.3 is 0 Å². The molecule has 1 amide bonds. The van der Waals surface area contributed by atoms with E-state index in [2.05, 4.69) is 19.2 Å². The van der Waals surface area contributed by atoms with E-state index in [1.54, 1.807) is 38.3 Å². The van der Waals surface area contributed by atoms with Gasteiger partial charge in [0.25, 0.3) is 0 Å². The molecule has 0 saturated carbocycles. The van der Waals surface area contributed by atoms with Gasteiger partial charge in [0.2, 0.25) is 15.9 Å². The monoisotopic (exact) mass is 510 g/mol. The number of benzene rings is 3. The molecule has 0 aliphatic heterocycles. The SMILES string of the molecule is COc1ccc([C@@H](CC(C)C)NC(=O)[C@H](C)N(c2ccc(Oc3ccccc3)cc2)S(C)(=O)=O)cc1. The molecule has 192 valence electrons. The van der Waals surface area contributed by atoms with Gasteiger partial charge in [-0.2, -0.15) is 0 Å². The number of ether oxygens (including phenoxy) is 2. The number of hydrogen-bond acceptors (Lipinski definition) is 5. The van der Waals surface area contributed by atoms with Crippen LogP contribution < -0.4 is 19.1 Å². The second-order valence-electron chi connectivity index (χ2n) is 9.11. The lowest BCUT2D eigenvalue weighted by molar-refractivity contribution is -0.122. The fraction of sp³-hybridized carbons (Fsp3) is 0.321. The van der Waals surface area contributed by atoms with Gasteiger partial charge in [-0.05, 0) is 73.4 Å². The minimum Gasteiger partial charge on any atom is -0.497 e. The van der Waals surface area contributed by atoms with Crippen LogP contribution in [0.5, 0.6) is 17.2 Å². The highest BCUT2D eigenvalue weighted by Gasteiger charge is 2.30. The van der Waals surface area contributed by atoms with Gasteiger partial charge in [0.15, 0.2) is 0 Å². The lowest BCUT2D eigenvalue weighted by Crippen LogP contribution is -2.48. The first kappa shape index (κ1) is 27.1. The molecule has 0 fully saturated rings. The molecule has 0 heterocycles. The van der Waals surface area contributed by atoms with Crippen molar-refractivity contribution in [2.75, 3.05) is 17.7 Å². The van der Waals surface area contributed by atoms with E-state index in [-0.39, 0.29) is 11.9 Å². The second-order valence-corrected chi connectivity index (χ2v) is 11.0. The number of nitrogens with one attached hydrogen (secondary N) is 1. The molecule has 0 spiro atoms. The minimum absolute atomic E-state index is 0.270. The summed E-state index contributed by atoms with van der Waals surface area (Å²) in [6, 6.07) is 22.2. The van der Waals surface area contributed by atoms with Crippen molar-refractivity contribution in [2.45, 2.75) is 39.3 Å². The van der Waals surface area contributed by atoms with Crippen LogP contribution in [0.4, 0.5) is 5.69 Å². The Kier molecular flexibility index (Phi) is 8.98. The predicted molar refractivity (Wildman–Crippen MR) is 143 cm³/mol. The highest BCUT2D eigenvalue weighted by molar-refractivity contribution is 7.92. The van der Waals surface area contributed by atoms with Crippen molar-refractivity contribution in [3.63, 3.8) is 0 Å². The van der Waals surface area contributed by atoms with Gasteiger partial charge in [0.05, 0.1) is 25.1 Å². The van der Waals surface area contributed by atoms with Crippen LogP contribution in [0.15, 0.2) is 78.9 Å². The van der Waals surface area contributed by atoms with E-state index in [9.17, 15) is 13.2 Å². The molecule has 0 aliphatic carbocycles. The Morgan fingerprint density at radius 3 is 1.94 bits per heavy atom. The molecular weight excluding hydrogens is 476 g/mol. The van der Waals surface area contributed by atoms with E-state index < -0.39 is 16.1 Å². The summed E-state index contributed by atoms with van der Waals surface area (Å²) in [6.07, 6.45) is 1.80. The van der Waals surface area contributed by atoms with Crippen LogP contribution in [0.1, 0.15) is 38.8 Å². The van der Waals surface area contributed by atoms with Crippen LogP contribution in [0.25, 0.3) is 0 Å². The Labute approximate surface area is 214 Å². The number of rotatable bonds is 11. The van der Waals surface area contributed by atoms with Gasteiger partial charge in [0, 0.05) is 0 Å². The second kappa shape index (κ2) is 11.9. The Hall–Kier alpha value is -3.52. The van der Waals surface area contributed by atoms with E-state index >= 15 is 0 Å². The lowest BCUT2D eigenvalue weighted by Gasteiger charge is -2.30. The number of para-hydroxylation sites is 1. The summed E-state index contributed by atoms with van der Waals surface area (Å²) in [6.45, 7) is 5.74. The van der Waals surface area contributed by atoms with E-state index in [0.29, 0.717) is 29.5 Å². The van der Waals surface area contributed by atoms with Crippen LogP contribution in [-0.4, -0.2) is 33.7 Å². The zero-order chi connectivity index (χ0) is 26.3. The first-order valence-corrected chi connectivity index (χ1v) is 13.7. The molecule has 0 aliphatic rings. The van der Waals surface area contributed by atoms with Crippen LogP contribution in [0, 0.1) is 5.92 Å². The molecule has 0 saturated heterocycles. The molecule has 3 aromatic carbocycles. The summed E-state index contributed by atoms with van der Waals surface area (Å²) in [4.78, 5) is 13.3. The van der Waals surface area contributed by atoms with Crippen molar-refractivity contribution >= 4 is 21.6 Å². The van der Waals surface area contributed by atoms with Crippen molar-refractivity contribution in [1.82, 2.24) is 5.32 Å². The number of carbonyl (C=O) groups is 1. The topological polar surface area (TPSA) is 84.9 Å². The first-order chi connectivity index (χ1) is 17.1. The highest BCUT2D eigenvalue weighted by atomic mass is 32.2. The predicted octanol–water partition coefficient (Wildman–Crippen LogP) is 5.55. The summed E-state index contributed by atoms with van der Waals surface area (Å²) >= 11 is 0. The Morgan fingerprint density at radius 2 is 1.42 bits per heavy atom. The summed E-state index contributed by atoms with van der Waals surface area (Å²) in [5.41, 5.74) is 1.31. The molecule has 0 bridgehead atoms. The largest absolute Gasteiger partial charge is 0.497 e. The van der Waals surface area contributed by atoms with E-state index in [1.807, 2.05) is 54.6 Å². The average molecular weight is 511 g/mol. The highest BCUT2D eigenvalue weighted by Crippen LogP contribution is 2.28. The van der Waals surface area contributed by atoms with Gasteiger partial charge < -0.3 is 14.8 Å². The molecule has 0 radical (unpaired) electrons. The number of sulfonamides is 1. The number of hydrogen-bond donors (Lipinski definition) is 1. The quantitative estimate of drug-likeness (QED) is 0.366. The van der Waals surface area contributed by atoms with E-state index in [0.717, 1.165) is 21.9 Å². The zero-order valence-electron chi connectivity index (χ0n) is 21.3. The molecule has 3 rings (SSSR count). The summed E-state index contributed by atoms with van der Waals surface area (Å²) < 4.78 is 37.7. The van der Waals surface area contributed by atoms with Crippen LogP contribution in [0.2, 0.25) is 0 Å². The average Bonchev–Trinajstić information content (AvgIpc) is 2.84. The summed E-state index contributed by atoms with van der Waals surface area (Å²) in [5.74, 6) is 1.90. The lowest BCUT2D eigenvalue weighted by atomic mass is 9.96. The van der Waals surface area contributed by atoms with Gasteiger partial charge in [-0.3, -0.25) is 9.10 Å². The molecule has 7 nitrogen and oxygen atoms in total. The van der Waals surface area contributed by atoms with Crippen molar-refractivity contribution in [2.24, 2.45) is 5.92 Å². The van der Waals surface area contributed by atoms with Crippen molar-refractivity contribution < 1.29 is 22.7 Å². The number of carbonyl (C=O) groups excluding carboxylic acids is 1. The third-order valence-corrected chi connectivity index (χ3v) is 6.94. The van der Waals surface area contributed by atoms with E-state index in [1.165, 1.54) is 0 Å². The third kappa shape index (κ3) is 7.24. The number of nitrogens with zero attached hydrogens (tertiary/aromatic N) is 1. The number of amides is 1. The van der Waals surface area contributed by atoms with Gasteiger partial charge in [-0.15, -0.1) is 0 Å². The van der Waals surface area contributed by atoms with Crippen LogP contribution in [-0.2, 0) is 14.8 Å². The maximum Gasteiger partial charge on any atom is 0.244 e. The fourth-order valence-corrected chi connectivity index (χ4v) is 5.15. The van der Waals surface area contributed by atoms with Crippen molar-refractivity contribution in [3.8, 4) is 17.2 Å². The normalized spacial score (nSPS) is 13.1. The number of methoxy groups -OCH3 is 1. The Balaban J connectivity index is 1.81. The first-order valence-electron chi connectivity index (χ1n) is 11.8. The summed E-state index contributed by atoms with van der Waals surface area (Å²) in [7, 11) is -2.15. The summed E-state index contributed by atoms with van der Waals surface area (Å²) in [5, 5.41) is 3.06. The molecule has 8 heteroatoms. The smallest absolute Gasteiger partial charge is 0.244 e. The van der Waals surface area contributed by atoms with Gasteiger partial charge in [0.1, 0.15) is 23.3 Å². The zero-order valence-corrected chi connectivity index (χ0v) is 22.2. The van der Waals surface area contributed by atoms with Gasteiger partial charge in [-0.25, -0.2) is 8.42 Å². The molecular formula is C28H34N2O5S. The van der Waals surface area contributed by atoms with Crippen LogP contribution >= 0.6 is 0 Å². The molecule has 36 heavy (non-hydrogen) atoms. The molecule has 0 aromatic heterocycles. The van der Waals surface area contributed by atoms with Crippen molar-refractivity contribution in [1.29, 1.82) is 0 Å². The third-order valence-electron chi connectivity index (χ3n) is 5.70. The molecule has 0 unspecified atom stereocenters. The Morgan fingerprint density at radius 1 is 0.861 bits per heavy atom. The molecule has 1 N–H and O–H groups in total. The van der Waals surface area contributed by atoms with Crippen molar-refractivity contribution in [3.05, 3.63) is 84.4 Å². The van der Waals surface area contributed by atoms with Crippen LogP contribution in [0.3, 0.4) is 0 Å².